The number of aryl methyl sites for hydroxylation is 1. The van der Waals surface area contributed by atoms with Gasteiger partial charge in [0.15, 0.2) is 0 Å². The molecule has 0 unspecified atom stereocenters. The number of nitrogens with zero attached hydrogens (tertiary/aromatic N) is 3. The number of hydrogen-bond donors (Lipinski definition) is 2. The number of piperidine rings is 2. The van der Waals surface area contributed by atoms with Crippen molar-refractivity contribution in [2.45, 2.75) is 52.5 Å². The second kappa shape index (κ2) is 8.80. The Kier molecular flexibility index (Phi) is 6.39. The number of pyridine rings is 1. The number of hydrogen-bond acceptors (Lipinski definition) is 5. The molecule has 2 aliphatic heterocycles. The molecule has 0 spiro atoms. The summed E-state index contributed by atoms with van der Waals surface area (Å²) in [5.74, 6) is -0.161. The summed E-state index contributed by atoms with van der Waals surface area (Å²) in [5, 5.41) is 2.66. The van der Waals surface area contributed by atoms with Crippen LogP contribution in [0.25, 0.3) is 0 Å². The predicted molar refractivity (Wildman–Crippen MR) is 111 cm³/mol. The van der Waals surface area contributed by atoms with Gasteiger partial charge in [0.05, 0.1) is 11.9 Å². The van der Waals surface area contributed by atoms with Gasteiger partial charge in [-0.1, -0.05) is 6.92 Å². The first-order chi connectivity index (χ1) is 13.8. The van der Waals surface area contributed by atoms with E-state index in [0.29, 0.717) is 30.5 Å². The molecule has 1 aromatic rings. The number of anilines is 2. The van der Waals surface area contributed by atoms with E-state index in [0.717, 1.165) is 37.8 Å². The summed E-state index contributed by atoms with van der Waals surface area (Å²) in [6, 6.07) is 1.69. The molecule has 2 aliphatic rings. The summed E-state index contributed by atoms with van der Waals surface area (Å²) in [6.07, 6.45) is 5.23. The fraction of sp³-hybridized carbons (Fsp3) is 0.619. The van der Waals surface area contributed by atoms with Crippen LogP contribution in [0.2, 0.25) is 0 Å². The van der Waals surface area contributed by atoms with E-state index in [2.05, 4.69) is 17.2 Å². The minimum Gasteiger partial charge on any atom is -0.383 e. The van der Waals surface area contributed by atoms with E-state index in [-0.39, 0.29) is 17.9 Å². The van der Waals surface area contributed by atoms with Gasteiger partial charge >= 0.3 is 11.8 Å². The van der Waals surface area contributed by atoms with Crippen molar-refractivity contribution in [2.24, 2.45) is 11.8 Å². The van der Waals surface area contributed by atoms with Crippen LogP contribution in [0.1, 0.15) is 45.1 Å². The maximum absolute atomic E-state index is 13.1. The Bertz CT molecular complexity index is 797. The van der Waals surface area contributed by atoms with Gasteiger partial charge in [-0.2, -0.15) is 0 Å². The molecule has 3 amide bonds. The number of carbonyl (C=O) groups is 3. The highest BCUT2D eigenvalue weighted by molar-refractivity contribution is 6.39. The number of carbonyl (C=O) groups excluding carboxylic acids is 3. The van der Waals surface area contributed by atoms with Crippen LogP contribution in [-0.4, -0.2) is 58.2 Å². The molecule has 0 bridgehead atoms. The average Bonchev–Trinajstić information content (AvgIpc) is 2.70. The van der Waals surface area contributed by atoms with E-state index in [1.807, 2.05) is 4.90 Å². The van der Waals surface area contributed by atoms with Crippen molar-refractivity contribution in [2.75, 3.05) is 30.7 Å². The van der Waals surface area contributed by atoms with Crippen LogP contribution >= 0.6 is 0 Å². The van der Waals surface area contributed by atoms with Crippen molar-refractivity contribution < 1.29 is 14.4 Å². The molecule has 0 aromatic carbocycles. The molecule has 0 saturated carbocycles. The standard InChI is InChI=1S/C21H31N5O3/c1-13-6-7-18(16-5-4-8-25(12-16)15(3)27)26(11-13)21(29)20(28)24-17-9-14(2)19(22)23-10-17/h9-10,13,16,18H,4-8,11-12H2,1-3H3,(H2,22,23)(H,24,28)/t13-,16+,18+/m0/s1. The maximum Gasteiger partial charge on any atom is 0.313 e. The van der Waals surface area contributed by atoms with E-state index in [1.54, 1.807) is 24.8 Å². The highest BCUT2D eigenvalue weighted by atomic mass is 16.2. The predicted octanol–water partition coefficient (Wildman–Crippen LogP) is 1.80. The molecule has 1 aromatic heterocycles. The monoisotopic (exact) mass is 401 g/mol. The first-order valence-electron chi connectivity index (χ1n) is 10.4. The van der Waals surface area contributed by atoms with Crippen molar-refractivity contribution in [3.8, 4) is 0 Å². The van der Waals surface area contributed by atoms with E-state index >= 15 is 0 Å². The number of likely N-dealkylation sites (tertiary alicyclic amines) is 2. The fourth-order valence-corrected chi connectivity index (χ4v) is 4.48. The number of amides is 3. The highest BCUT2D eigenvalue weighted by Crippen LogP contribution is 2.32. The first-order valence-corrected chi connectivity index (χ1v) is 10.4. The molecular formula is C21H31N5O3. The third-order valence-electron chi connectivity index (χ3n) is 6.14. The zero-order chi connectivity index (χ0) is 21.1. The van der Waals surface area contributed by atoms with E-state index in [9.17, 15) is 14.4 Å². The average molecular weight is 402 g/mol. The fourth-order valence-electron chi connectivity index (χ4n) is 4.48. The smallest absolute Gasteiger partial charge is 0.313 e. The van der Waals surface area contributed by atoms with Crippen LogP contribution in [0.3, 0.4) is 0 Å². The Labute approximate surface area is 171 Å². The van der Waals surface area contributed by atoms with Gasteiger partial charge in [0.25, 0.3) is 0 Å². The lowest BCUT2D eigenvalue weighted by Gasteiger charge is -2.45. The van der Waals surface area contributed by atoms with Crippen molar-refractivity contribution in [3.63, 3.8) is 0 Å². The summed E-state index contributed by atoms with van der Waals surface area (Å²) >= 11 is 0. The Hall–Kier alpha value is -2.64. The summed E-state index contributed by atoms with van der Waals surface area (Å²) in [7, 11) is 0. The molecule has 0 radical (unpaired) electrons. The molecule has 29 heavy (non-hydrogen) atoms. The Morgan fingerprint density at radius 1 is 1.21 bits per heavy atom. The van der Waals surface area contributed by atoms with Crippen LogP contribution in [0.4, 0.5) is 11.5 Å². The van der Waals surface area contributed by atoms with E-state index < -0.39 is 11.8 Å². The van der Waals surface area contributed by atoms with Gasteiger partial charge in [0.1, 0.15) is 5.82 Å². The minimum atomic E-state index is -0.658. The molecule has 158 valence electrons. The van der Waals surface area contributed by atoms with Crippen molar-refractivity contribution in [3.05, 3.63) is 17.8 Å². The second-order valence-electron chi connectivity index (χ2n) is 8.45. The van der Waals surface area contributed by atoms with E-state index in [1.165, 1.54) is 6.20 Å². The van der Waals surface area contributed by atoms with Crippen LogP contribution in [0, 0.1) is 18.8 Å². The lowest BCUT2D eigenvalue weighted by molar-refractivity contribution is -0.148. The maximum atomic E-state index is 13.1. The number of rotatable bonds is 2. The molecule has 2 saturated heterocycles. The van der Waals surface area contributed by atoms with Crippen LogP contribution in [0.5, 0.6) is 0 Å². The zero-order valence-electron chi connectivity index (χ0n) is 17.5. The minimum absolute atomic E-state index is 0.0159. The van der Waals surface area contributed by atoms with Crippen LogP contribution < -0.4 is 11.1 Å². The Morgan fingerprint density at radius 3 is 2.66 bits per heavy atom. The summed E-state index contributed by atoms with van der Waals surface area (Å²) in [4.78, 5) is 45.2. The number of nitrogens with two attached hydrogens (primary N) is 1. The van der Waals surface area contributed by atoms with Crippen molar-refractivity contribution in [1.29, 1.82) is 0 Å². The normalized spacial score (nSPS) is 24.9. The third kappa shape index (κ3) is 4.86. The quantitative estimate of drug-likeness (QED) is 0.735. The molecule has 3 N–H and O–H groups in total. The first kappa shape index (κ1) is 21.1. The van der Waals surface area contributed by atoms with Gasteiger partial charge in [-0.05, 0) is 56.1 Å². The molecule has 3 rings (SSSR count). The largest absolute Gasteiger partial charge is 0.383 e. The number of aromatic nitrogens is 1. The molecule has 0 aliphatic carbocycles. The molecule has 8 heteroatoms. The van der Waals surface area contributed by atoms with Gasteiger partial charge in [0.2, 0.25) is 5.91 Å². The SMILES string of the molecule is CC(=O)N1CCC[C@@H]([C@H]2CC[C@H](C)CN2C(=O)C(=O)Nc2cnc(N)c(C)c2)C1. The third-order valence-corrected chi connectivity index (χ3v) is 6.14. The van der Waals surface area contributed by atoms with Crippen molar-refractivity contribution in [1.82, 2.24) is 14.8 Å². The highest BCUT2D eigenvalue weighted by Gasteiger charge is 2.39. The molecular weight excluding hydrogens is 370 g/mol. The van der Waals surface area contributed by atoms with Gasteiger partial charge < -0.3 is 20.9 Å². The molecule has 3 heterocycles. The second-order valence-corrected chi connectivity index (χ2v) is 8.45. The molecule has 2 fully saturated rings. The lowest BCUT2D eigenvalue weighted by atomic mass is 9.82. The Balaban J connectivity index is 1.73. The van der Waals surface area contributed by atoms with E-state index in [4.69, 9.17) is 5.73 Å². The van der Waals surface area contributed by atoms with Crippen molar-refractivity contribution >= 4 is 29.2 Å². The van der Waals surface area contributed by atoms with Gasteiger partial charge in [-0.25, -0.2) is 4.98 Å². The molecule has 8 nitrogen and oxygen atoms in total. The number of nitrogens with one attached hydrogen (secondary N) is 1. The van der Waals surface area contributed by atoms with Crippen LogP contribution in [0.15, 0.2) is 12.3 Å². The Morgan fingerprint density at radius 2 is 1.97 bits per heavy atom. The van der Waals surface area contributed by atoms with Gasteiger partial charge in [0, 0.05) is 32.6 Å². The summed E-state index contributed by atoms with van der Waals surface area (Å²) in [6.45, 7) is 7.47. The number of nitrogen functional groups attached to an aromatic ring is 1. The lowest BCUT2D eigenvalue weighted by Crippen LogP contribution is -2.56. The van der Waals surface area contributed by atoms with Gasteiger partial charge in [-0.3, -0.25) is 14.4 Å². The summed E-state index contributed by atoms with van der Waals surface area (Å²) in [5.41, 5.74) is 6.92. The van der Waals surface area contributed by atoms with Crippen LogP contribution in [-0.2, 0) is 14.4 Å². The topological polar surface area (TPSA) is 109 Å². The molecule has 3 atom stereocenters. The summed E-state index contributed by atoms with van der Waals surface area (Å²) < 4.78 is 0. The zero-order valence-corrected chi connectivity index (χ0v) is 17.5. The van der Waals surface area contributed by atoms with Gasteiger partial charge in [-0.15, -0.1) is 0 Å².